The van der Waals surface area contributed by atoms with Crippen LogP contribution in [0.3, 0.4) is 0 Å². The number of likely N-dealkylation sites (tertiary alicyclic amines) is 1. The van der Waals surface area contributed by atoms with Crippen molar-refractivity contribution >= 4 is 34.4 Å². The Morgan fingerprint density at radius 2 is 2.03 bits per heavy atom. The summed E-state index contributed by atoms with van der Waals surface area (Å²) in [7, 11) is 0. The molecule has 10 nitrogen and oxygen atoms in total. The van der Waals surface area contributed by atoms with Gasteiger partial charge in [-0.1, -0.05) is 17.3 Å². The minimum absolute atomic E-state index is 0.175. The van der Waals surface area contributed by atoms with E-state index in [9.17, 15) is 9.59 Å². The van der Waals surface area contributed by atoms with E-state index in [1.165, 1.54) is 35.6 Å². The summed E-state index contributed by atoms with van der Waals surface area (Å²) in [4.78, 5) is 40.9. The zero-order chi connectivity index (χ0) is 22.0. The standard InChI is InChI=1S/C20H20N8O2S/c1-3-15(16-11-24-18(31-16)25-13(2)29)27-6-4-20(5-7-27)12-28(19(30)26-20)17-22-9-14(8-21)10-23-17/h1,9-11,15H,4-7,12H2,2H3,(H,26,30)(H,24,25,29)/t15-/m1/s1. The molecule has 4 rings (SSSR count). The number of hydrogen-bond donors (Lipinski definition) is 2. The van der Waals surface area contributed by atoms with Crippen LogP contribution in [0.15, 0.2) is 18.6 Å². The highest BCUT2D eigenvalue weighted by atomic mass is 32.1. The number of nitrogens with zero attached hydrogens (tertiary/aromatic N) is 6. The summed E-state index contributed by atoms with van der Waals surface area (Å²) in [6.07, 6.45) is 11.8. The zero-order valence-electron chi connectivity index (χ0n) is 16.8. The summed E-state index contributed by atoms with van der Waals surface area (Å²) in [6.45, 7) is 3.29. The van der Waals surface area contributed by atoms with Crippen LogP contribution in [0.5, 0.6) is 0 Å². The maximum atomic E-state index is 12.6. The molecule has 2 aliphatic rings. The fourth-order valence-corrected chi connectivity index (χ4v) is 4.83. The zero-order valence-corrected chi connectivity index (χ0v) is 17.6. The van der Waals surface area contributed by atoms with E-state index in [0.717, 1.165) is 17.7 Å². The highest BCUT2D eigenvalue weighted by Gasteiger charge is 2.46. The van der Waals surface area contributed by atoms with E-state index in [1.54, 1.807) is 6.20 Å². The van der Waals surface area contributed by atoms with Gasteiger partial charge in [-0.05, 0) is 12.8 Å². The minimum atomic E-state index is -0.376. The Morgan fingerprint density at radius 1 is 1.32 bits per heavy atom. The Hall–Kier alpha value is -3.54. The van der Waals surface area contributed by atoms with Gasteiger partial charge in [-0.3, -0.25) is 14.6 Å². The smallest absolute Gasteiger partial charge is 0.324 e. The number of carbonyl (C=O) groups excluding carboxylic acids is 2. The van der Waals surface area contributed by atoms with Crippen molar-refractivity contribution in [1.29, 1.82) is 5.26 Å². The second kappa shape index (κ2) is 8.30. The second-order valence-electron chi connectivity index (χ2n) is 7.53. The van der Waals surface area contributed by atoms with Crippen molar-refractivity contribution in [2.24, 2.45) is 0 Å². The van der Waals surface area contributed by atoms with Gasteiger partial charge in [0.15, 0.2) is 5.13 Å². The average molecular weight is 437 g/mol. The van der Waals surface area contributed by atoms with Crippen molar-refractivity contribution in [3.05, 3.63) is 29.0 Å². The fraction of sp³-hybridized carbons (Fsp3) is 0.400. The predicted molar refractivity (Wildman–Crippen MR) is 114 cm³/mol. The number of thiazole rings is 1. The largest absolute Gasteiger partial charge is 0.330 e. The summed E-state index contributed by atoms with van der Waals surface area (Å²) in [5, 5.41) is 15.2. The first-order valence-corrected chi connectivity index (χ1v) is 10.5. The molecule has 1 atom stereocenters. The number of hydrogen-bond acceptors (Lipinski definition) is 8. The van der Waals surface area contributed by atoms with E-state index >= 15 is 0 Å². The van der Waals surface area contributed by atoms with E-state index in [1.807, 2.05) is 6.07 Å². The van der Waals surface area contributed by atoms with Crippen molar-refractivity contribution in [2.45, 2.75) is 31.3 Å². The molecule has 0 unspecified atom stereocenters. The lowest BCUT2D eigenvalue weighted by Crippen LogP contribution is -2.52. The number of nitrogens with one attached hydrogen (secondary N) is 2. The number of carbonyl (C=O) groups is 2. The van der Waals surface area contributed by atoms with Gasteiger partial charge in [0.25, 0.3) is 0 Å². The molecule has 3 amide bonds. The number of anilines is 2. The number of nitriles is 1. The van der Waals surface area contributed by atoms with Gasteiger partial charge in [0.1, 0.15) is 12.1 Å². The van der Waals surface area contributed by atoms with Crippen LogP contribution in [0.25, 0.3) is 0 Å². The summed E-state index contributed by atoms with van der Waals surface area (Å²) >= 11 is 1.37. The van der Waals surface area contributed by atoms with Gasteiger partial charge < -0.3 is 10.6 Å². The Kier molecular flexibility index (Phi) is 5.55. The first-order chi connectivity index (χ1) is 14.9. The predicted octanol–water partition coefficient (Wildman–Crippen LogP) is 1.50. The van der Waals surface area contributed by atoms with Gasteiger partial charge in [-0.2, -0.15) is 5.26 Å². The summed E-state index contributed by atoms with van der Waals surface area (Å²) in [5.41, 5.74) is -0.0320. The number of rotatable bonds is 4. The summed E-state index contributed by atoms with van der Waals surface area (Å²) in [5.74, 6) is 2.94. The Labute approximate surface area is 183 Å². The molecule has 2 N–H and O–H groups in total. The molecule has 2 aliphatic heterocycles. The maximum absolute atomic E-state index is 12.6. The highest BCUT2D eigenvalue weighted by molar-refractivity contribution is 7.15. The van der Waals surface area contributed by atoms with E-state index in [2.05, 4.69) is 36.4 Å². The van der Waals surface area contributed by atoms with Gasteiger partial charge >= 0.3 is 6.03 Å². The second-order valence-corrected chi connectivity index (χ2v) is 8.60. The lowest BCUT2D eigenvalue weighted by molar-refractivity contribution is -0.114. The topological polar surface area (TPSA) is 127 Å². The molecule has 0 aliphatic carbocycles. The number of piperidine rings is 1. The molecule has 2 aromatic rings. The molecule has 4 heterocycles. The van der Waals surface area contributed by atoms with Gasteiger partial charge in [0.05, 0.1) is 34.9 Å². The molecule has 11 heteroatoms. The number of terminal acetylenes is 1. The molecule has 158 valence electrons. The third-order valence-electron chi connectivity index (χ3n) is 5.44. The average Bonchev–Trinajstić information content (AvgIpc) is 3.34. The van der Waals surface area contributed by atoms with Gasteiger partial charge in [0, 0.05) is 26.2 Å². The normalized spacial score (nSPS) is 18.8. The molecule has 2 aromatic heterocycles. The molecule has 31 heavy (non-hydrogen) atoms. The van der Waals surface area contributed by atoms with Crippen LogP contribution in [0.4, 0.5) is 15.9 Å². The van der Waals surface area contributed by atoms with Crippen LogP contribution < -0.4 is 15.5 Å². The quantitative estimate of drug-likeness (QED) is 0.695. The molecule has 2 saturated heterocycles. The molecule has 0 radical (unpaired) electrons. The number of amides is 3. The van der Waals surface area contributed by atoms with E-state index in [-0.39, 0.29) is 29.5 Å². The van der Waals surface area contributed by atoms with Crippen LogP contribution >= 0.6 is 11.3 Å². The van der Waals surface area contributed by atoms with E-state index < -0.39 is 0 Å². The molecular weight excluding hydrogens is 416 g/mol. The van der Waals surface area contributed by atoms with Crippen LogP contribution in [0.2, 0.25) is 0 Å². The van der Waals surface area contributed by atoms with Crippen LogP contribution in [-0.2, 0) is 4.79 Å². The van der Waals surface area contributed by atoms with Crippen molar-refractivity contribution in [3.8, 4) is 18.4 Å². The van der Waals surface area contributed by atoms with Gasteiger partial charge in [0.2, 0.25) is 11.9 Å². The lowest BCUT2D eigenvalue weighted by Gasteiger charge is -2.40. The Balaban J connectivity index is 1.42. The van der Waals surface area contributed by atoms with Crippen molar-refractivity contribution in [3.63, 3.8) is 0 Å². The van der Waals surface area contributed by atoms with Crippen molar-refractivity contribution in [2.75, 3.05) is 29.9 Å². The van der Waals surface area contributed by atoms with E-state index in [4.69, 9.17) is 11.7 Å². The highest BCUT2D eigenvalue weighted by Crippen LogP contribution is 2.35. The van der Waals surface area contributed by atoms with E-state index in [0.29, 0.717) is 30.3 Å². The molecule has 0 bridgehead atoms. The van der Waals surface area contributed by atoms with Crippen LogP contribution in [0.1, 0.15) is 36.2 Å². The SMILES string of the molecule is C#C[C@H](c1cnc(NC(C)=O)s1)N1CCC2(CC1)CN(c1ncc(C#N)cn1)C(=O)N2. The molecule has 0 saturated carbocycles. The maximum Gasteiger partial charge on any atom is 0.324 e. The molecule has 0 aromatic carbocycles. The molecule has 1 spiro atoms. The van der Waals surface area contributed by atoms with Crippen molar-refractivity contribution in [1.82, 2.24) is 25.2 Å². The molecular formula is C20H20N8O2S. The molecule has 2 fully saturated rings. The van der Waals surface area contributed by atoms with Gasteiger partial charge in [-0.25, -0.2) is 19.7 Å². The number of aromatic nitrogens is 3. The first kappa shape index (κ1) is 20.7. The first-order valence-electron chi connectivity index (χ1n) is 9.68. The monoisotopic (exact) mass is 436 g/mol. The minimum Gasteiger partial charge on any atom is -0.330 e. The van der Waals surface area contributed by atoms with Crippen molar-refractivity contribution < 1.29 is 9.59 Å². The fourth-order valence-electron chi connectivity index (χ4n) is 3.87. The Morgan fingerprint density at radius 3 is 2.65 bits per heavy atom. The lowest BCUT2D eigenvalue weighted by atomic mass is 9.87. The number of urea groups is 1. The summed E-state index contributed by atoms with van der Waals surface area (Å²) < 4.78 is 0. The van der Waals surface area contributed by atoms with Crippen LogP contribution in [-0.4, -0.2) is 57.0 Å². The van der Waals surface area contributed by atoms with Crippen LogP contribution in [0, 0.1) is 23.7 Å². The third kappa shape index (κ3) is 4.19. The summed E-state index contributed by atoms with van der Waals surface area (Å²) in [6, 6.07) is 1.48. The third-order valence-corrected chi connectivity index (χ3v) is 6.41. The Bertz CT molecular complexity index is 1080. The van der Waals surface area contributed by atoms with Gasteiger partial charge in [-0.15, -0.1) is 6.42 Å².